The van der Waals surface area contributed by atoms with E-state index in [1.54, 1.807) is 0 Å². The number of nitrogens with zero attached hydrogens (tertiary/aromatic N) is 2. The molecule has 1 N–H and O–H groups in total. The molecule has 1 amide bonds. The summed E-state index contributed by atoms with van der Waals surface area (Å²) in [6.45, 7) is 9.32. The van der Waals surface area contributed by atoms with Gasteiger partial charge in [-0.25, -0.2) is 0 Å². The van der Waals surface area contributed by atoms with E-state index in [9.17, 15) is 4.79 Å². The minimum Gasteiger partial charge on any atom is -0.341 e. The summed E-state index contributed by atoms with van der Waals surface area (Å²) >= 11 is 0. The van der Waals surface area contributed by atoms with E-state index in [-0.39, 0.29) is 6.04 Å². The third kappa shape index (κ3) is 3.04. The number of carbonyl (C=O) groups is 1. The van der Waals surface area contributed by atoms with Gasteiger partial charge >= 0.3 is 0 Å². The van der Waals surface area contributed by atoms with Crippen LogP contribution in [0.1, 0.15) is 39.5 Å². The molecule has 0 radical (unpaired) electrons. The molecule has 0 bridgehead atoms. The fraction of sp³-hybridized carbons (Fsp3) is 0.929. The summed E-state index contributed by atoms with van der Waals surface area (Å²) < 4.78 is 0. The van der Waals surface area contributed by atoms with Gasteiger partial charge in [0.1, 0.15) is 0 Å². The fourth-order valence-corrected chi connectivity index (χ4v) is 2.98. The van der Waals surface area contributed by atoms with Crippen LogP contribution in [0.15, 0.2) is 0 Å². The first-order valence-electron chi connectivity index (χ1n) is 7.49. The lowest BCUT2D eigenvalue weighted by Crippen LogP contribution is -2.62. The quantitative estimate of drug-likeness (QED) is 0.796. The number of hydrogen-bond acceptors (Lipinski definition) is 3. The van der Waals surface area contributed by atoms with E-state index < -0.39 is 0 Å². The van der Waals surface area contributed by atoms with Crippen LogP contribution >= 0.6 is 0 Å². The van der Waals surface area contributed by atoms with E-state index in [1.807, 2.05) is 0 Å². The molecule has 0 saturated carbocycles. The average Bonchev–Trinajstić information content (AvgIpc) is 2.35. The number of carbonyl (C=O) groups excluding carboxylic acids is 1. The van der Waals surface area contributed by atoms with Crippen LogP contribution in [0.2, 0.25) is 0 Å². The maximum atomic E-state index is 12.5. The lowest BCUT2D eigenvalue weighted by Gasteiger charge is -2.42. The standard InChI is InChI=1S/C14H27N3O/c1-3-7-17(13-10-15-11-13)12(2)14(18)16-8-5-4-6-9-16/h12-13,15H,3-11H2,1-2H3. The highest BCUT2D eigenvalue weighted by Gasteiger charge is 2.33. The van der Waals surface area contributed by atoms with E-state index >= 15 is 0 Å². The summed E-state index contributed by atoms with van der Waals surface area (Å²) in [6, 6.07) is 0.615. The zero-order valence-corrected chi connectivity index (χ0v) is 11.8. The highest BCUT2D eigenvalue weighted by Crippen LogP contribution is 2.16. The van der Waals surface area contributed by atoms with E-state index in [1.165, 1.54) is 19.3 Å². The second-order valence-corrected chi connectivity index (χ2v) is 5.61. The highest BCUT2D eigenvalue weighted by molar-refractivity contribution is 5.81. The minimum atomic E-state index is 0.0511. The molecular weight excluding hydrogens is 226 g/mol. The van der Waals surface area contributed by atoms with E-state index in [0.29, 0.717) is 11.9 Å². The van der Waals surface area contributed by atoms with Crippen molar-refractivity contribution in [3.8, 4) is 0 Å². The van der Waals surface area contributed by atoms with Crippen LogP contribution in [-0.4, -0.2) is 60.5 Å². The summed E-state index contributed by atoms with van der Waals surface area (Å²) in [5.74, 6) is 0.343. The summed E-state index contributed by atoms with van der Waals surface area (Å²) in [7, 11) is 0. The third-order valence-corrected chi connectivity index (χ3v) is 4.23. The van der Waals surface area contributed by atoms with Crippen molar-refractivity contribution in [2.45, 2.75) is 51.6 Å². The van der Waals surface area contributed by atoms with E-state index in [4.69, 9.17) is 0 Å². The largest absolute Gasteiger partial charge is 0.341 e. The summed E-state index contributed by atoms with van der Waals surface area (Å²) in [4.78, 5) is 17.0. The maximum Gasteiger partial charge on any atom is 0.239 e. The molecule has 2 fully saturated rings. The predicted octanol–water partition coefficient (Wildman–Crippen LogP) is 1.07. The molecule has 2 heterocycles. The van der Waals surface area contributed by atoms with Gasteiger partial charge in [0.15, 0.2) is 0 Å². The van der Waals surface area contributed by atoms with Crippen molar-refractivity contribution in [3.05, 3.63) is 0 Å². The first-order chi connectivity index (χ1) is 8.74. The van der Waals surface area contributed by atoms with Gasteiger partial charge in [-0.2, -0.15) is 0 Å². The Morgan fingerprint density at radius 1 is 1.33 bits per heavy atom. The number of rotatable bonds is 5. The van der Waals surface area contributed by atoms with Gasteiger partial charge in [0.25, 0.3) is 0 Å². The second kappa shape index (κ2) is 6.53. The van der Waals surface area contributed by atoms with Crippen molar-refractivity contribution < 1.29 is 4.79 Å². The molecule has 4 nitrogen and oxygen atoms in total. The topological polar surface area (TPSA) is 35.6 Å². The molecule has 1 unspecified atom stereocenters. The van der Waals surface area contributed by atoms with Crippen LogP contribution in [0, 0.1) is 0 Å². The SMILES string of the molecule is CCCN(C1CNC1)C(C)C(=O)N1CCCCC1. The van der Waals surface area contributed by atoms with Gasteiger partial charge in [-0.15, -0.1) is 0 Å². The Labute approximate surface area is 111 Å². The van der Waals surface area contributed by atoms with Crippen molar-refractivity contribution in [3.63, 3.8) is 0 Å². The molecule has 0 spiro atoms. The molecule has 1 atom stereocenters. The summed E-state index contributed by atoms with van der Waals surface area (Å²) in [5.41, 5.74) is 0. The van der Waals surface area contributed by atoms with Gasteiger partial charge in [-0.05, 0) is 39.2 Å². The van der Waals surface area contributed by atoms with Crippen molar-refractivity contribution >= 4 is 5.91 Å². The monoisotopic (exact) mass is 253 g/mol. The van der Waals surface area contributed by atoms with Crippen molar-refractivity contribution in [1.82, 2.24) is 15.1 Å². The number of likely N-dealkylation sites (tertiary alicyclic amines) is 1. The maximum absolute atomic E-state index is 12.5. The first-order valence-corrected chi connectivity index (χ1v) is 7.49. The van der Waals surface area contributed by atoms with E-state index in [2.05, 4.69) is 29.0 Å². The molecule has 2 rings (SSSR count). The van der Waals surface area contributed by atoms with Gasteiger partial charge in [0, 0.05) is 32.2 Å². The lowest BCUT2D eigenvalue weighted by molar-refractivity contribution is -0.138. The Bertz CT molecular complexity index is 272. The number of hydrogen-bond donors (Lipinski definition) is 1. The number of piperidine rings is 1. The Balaban J connectivity index is 1.93. The predicted molar refractivity (Wildman–Crippen MR) is 73.5 cm³/mol. The lowest BCUT2D eigenvalue weighted by atomic mass is 10.1. The van der Waals surface area contributed by atoms with Crippen LogP contribution in [0.25, 0.3) is 0 Å². The van der Waals surface area contributed by atoms with Gasteiger partial charge in [-0.3, -0.25) is 9.69 Å². The molecule has 0 aliphatic carbocycles. The van der Waals surface area contributed by atoms with Crippen LogP contribution in [0.4, 0.5) is 0 Å². The summed E-state index contributed by atoms with van der Waals surface area (Å²) in [5, 5.41) is 3.31. The molecule has 2 aliphatic heterocycles. The van der Waals surface area contributed by atoms with Crippen LogP contribution in [0.5, 0.6) is 0 Å². The number of nitrogens with one attached hydrogen (secondary N) is 1. The molecule has 0 aromatic rings. The van der Waals surface area contributed by atoms with Crippen LogP contribution in [-0.2, 0) is 4.79 Å². The number of amides is 1. The summed E-state index contributed by atoms with van der Waals surface area (Å²) in [6.07, 6.45) is 4.76. The second-order valence-electron chi connectivity index (χ2n) is 5.61. The minimum absolute atomic E-state index is 0.0511. The van der Waals surface area contributed by atoms with E-state index in [0.717, 1.165) is 39.1 Å². The fourth-order valence-electron chi connectivity index (χ4n) is 2.98. The molecule has 104 valence electrons. The van der Waals surface area contributed by atoms with Crippen molar-refractivity contribution in [1.29, 1.82) is 0 Å². The molecule has 2 aliphatic rings. The Morgan fingerprint density at radius 2 is 2.00 bits per heavy atom. The van der Waals surface area contributed by atoms with Gasteiger partial charge in [-0.1, -0.05) is 6.92 Å². The third-order valence-electron chi connectivity index (χ3n) is 4.23. The smallest absolute Gasteiger partial charge is 0.239 e. The van der Waals surface area contributed by atoms with Gasteiger partial charge in [0.2, 0.25) is 5.91 Å². The first kappa shape index (κ1) is 13.8. The highest BCUT2D eigenvalue weighted by atomic mass is 16.2. The Morgan fingerprint density at radius 3 is 2.50 bits per heavy atom. The molecule has 18 heavy (non-hydrogen) atoms. The zero-order chi connectivity index (χ0) is 13.0. The van der Waals surface area contributed by atoms with Crippen LogP contribution < -0.4 is 5.32 Å². The normalized spacial score (nSPS) is 22.9. The van der Waals surface area contributed by atoms with Crippen molar-refractivity contribution in [2.24, 2.45) is 0 Å². The molecule has 0 aromatic carbocycles. The Kier molecular flexibility index (Phi) is 5.01. The van der Waals surface area contributed by atoms with Gasteiger partial charge < -0.3 is 10.2 Å². The zero-order valence-electron chi connectivity index (χ0n) is 11.8. The molecular formula is C14H27N3O. The van der Waals surface area contributed by atoms with Crippen molar-refractivity contribution in [2.75, 3.05) is 32.7 Å². The Hall–Kier alpha value is -0.610. The molecule has 4 heteroatoms. The molecule has 2 saturated heterocycles. The van der Waals surface area contributed by atoms with Gasteiger partial charge in [0.05, 0.1) is 6.04 Å². The average molecular weight is 253 g/mol. The molecule has 0 aromatic heterocycles. The van der Waals surface area contributed by atoms with Crippen LogP contribution in [0.3, 0.4) is 0 Å².